The Labute approximate surface area is 384 Å². The normalized spacial score (nSPS) is 11.3. The summed E-state index contributed by atoms with van der Waals surface area (Å²) in [6, 6.07) is 94.0. The Morgan fingerprint density at radius 1 is 0.242 bits per heavy atom. The van der Waals surface area contributed by atoms with E-state index in [9.17, 15) is 0 Å². The molecule has 0 radical (unpaired) electrons. The Morgan fingerprint density at radius 3 is 1.41 bits per heavy atom. The lowest BCUT2D eigenvalue weighted by atomic mass is 9.91. The summed E-state index contributed by atoms with van der Waals surface area (Å²) in [5, 5.41) is 4.72. The fourth-order valence-electron chi connectivity index (χ4n) is 9.61. The molecule has 0 saturated carbocycles. The smallest absolute Gasteiger partial charge is 0.136 e. The summed E-state index contributed by atoms with van der Waals surface area (Å²) in [5.41, 5.74) is 19.0. The van der Waals surface area contributed by atoms with Crippen molar-refractivity contribution in [2.24, 2.45) is 0 Å². The predicted molar refractivity (Wildman–Crippen MR) is 279 cm³/mol. The summed E-state index contributed by atoms with van der Waals surface area (Å²) in [7, 11) is 0. The van der Waals surface area contributed by atoms with E-state index in [2.05, 4.69) is 254 Å². The van der Waals surface area contributed by atoms with E-state index in [0.29, 0.717) is 0 Å². The van der Waals surface area contributed by atoms with Crippen molar-refractivity contribution >= 4 is 49.8 Å². The van der Waals surface area contributed by atoms with E-state index in [4.69, 9.17) is 4.42 Å². The zero-order chi connectivity index (χ0) is 43.8. The standard InChI is InChI=1S/C64H43NO/c1-4-15-46(16-5-1)57-38-31-50(41-61(57)49-19-8-3-9-20-49)44-27-34-53(35-28-44)65(54-36-29-45(30-37-54)51-32-40-60-59-24-12-13-26-63(59)66-64(60)43-51)62-42-52(33-39-58(62)48-17-6-2-7-18-48)56-25-14-22-47-21-10-11-23-55(47)56/h1-43H. The van der Waals surface area contributed by atoms with Crippen LogP contribution < -0.4 is 4.90 Å². The first-order chi connectivity index (χ1) is 32.7. The molecule has 0 spiro atoms. The molecule has 0 aliphatic carbocycles. The third-order valence-corrected chi connectivity index (χ3v) is 12.9. The SMILES string of the molecule is c1ccc(-c2ccc(-c3ccc(N(c4ccc(-c5ccc6c(c5)oc5ccccc56)cc4)c4cc(-c5cccc6ccccc56)ccc4-c4ccccc4)cc3)cc2-c2ccccc2)cc1. The molecule has 1 aromatic heterocycles. The van der Waals surface area contributed by atoms with Crippen LogP contribution in [0.1, 0.15) is 0 Å². The van der Waals surface area contributed by atoms with Gasteiger partial charge in [-0.05, 0) is 127 Å². The van der Waals surface area contributed by atoms with Crippen molar-refractivity contribution in [3.63, 3.8) is 0 Å². The number of hydrogen-bond donors (Lipinski definition) is 0. The highest BCUT2D eigenvalue weighted by Gasteiger charge is 2.20. The molecule has 12 aromatic rings. The molecule has 0 N–H and O–H groups in total. The molecule has 0 saturated heterocycles. The van der Waals surface area contributed by atoms with Crippen molar-refractivity contribution in [1.82, 2.24) is 0 Å². The largest absolute Gasteiger partial charge is 0.456 e. The van der Waals surface area contributed by atoms with Gasteiger partial charge in [-0.3, -0.25) is 0 Å². The van der Waals surface area contributed by atoms with Gasteiger partial charge in [0.2, 0.25) is 0 Å². The fraction of sp³-hybridized carbons (Fsp3) is 0. The number of furan rings is 1. The quantitative estimate of drug-likeness (QED) is 0.144. The number of nitrogens with zero attached hydrogens (tertiary/aromatic N) is 1. The van der Waals surface area contributed by atoms with Gasteiger partial charge in [-0.25, -0.2) is 0 Å². The molecule has 0 fully saturated rings. The first-order valence-corrected chi connectivity index (χ1v) is 22.6. The average molecular weight is 842 g/mol. The van der Waals surface area contributed by atoms with E-state index in [0.717, 1.165) is 72.4 Å². The van der Waals surface area contributed by atoms with Crippen LogP contribution in [0.15, 0.2) is 265 Å². The lowest BCUT2D eigenvalue weighted by molar-refractivity contribution is 0.669. The highest BCUT2D eigenvalue weighted by atomic mass is 16.3. The lowest BCUT2D eigenvalue weighted by Crippen LogP contribution is -2.11. The zero-order valence-electron chi connectivity index (χ0n) is 36.2. The fourth-order valence-corrected chi connectivity index (χ4v) is 9.61. The maximum atomic E-state index is 6.31. The molecule has 0 unspecified atom stereocenters. The van der Waals surface area contributed by atoms with Crippen LogP contribution in [0.25, 0.3) is 99.5 Å². The summed E-state index contributed by atoms with van der Waals surface area (Å²) in [4.78, 5) is 2.42. The molecular formula is C64H43NO. The van der Waals surface area contributed by atoms with Gasteiger partial charge in [-0.2, -0.15) is 0 Å². The molecule has 2 nitrogen and oxygen atoms in total. The Balaban J connectivity index is 1.00. The number of anilines is 3. The number of rotatable bonds is 9. The molecule has 1 heterocycles. The Morgan fingerprint density at radius 2 is 0.727 bits per heavy atom. The minimum atomic E-state index is 0.892. The molecule has 0 aliphatic heterocycles. The molecule has 0 atom stereocenters. The molecule has 11 aromatic carbocycles. The zero-order valence-corrected chi connectivity index (χ0v) is 36.2. The first-order valence-electron chi connectivity index (χ1n) is 22.6. The lowest BCUT2D eigenvalue weighted by Gasteiger charge is -2.29. The Hall–Kier alpha value is -8.72. The molecule has 0 amide bonds. The van der Waals surface area contributed by atoms with Gasteiger partial charge in [0, 0.05) is 27.7 Å². The van der Waals surface area contributed by atoms with Gasteiger partial charge in [0.1, 0.15) is 11.2 Å². The molecule has 0 bridgehead atoms. The van der Waals surface area contributed by atoms with Gasteiger partial charge >= 0.3 is 0 Å². The third-order valence-electron chi connectivity index (χ3n) is 12.9. The van der Waals surface area contributed by atoms with Crippen LogP contribution in [0.4, 0.5) is 17.1 Å². The molecule has 12 rings (SSSR count). The van der Waals surface area contributed by atoms with Crippen molar-refractivity contribution in [3.05, 3.63) is 261 Å². The topological polar surface area (TPSA) is 16.4 Å². The van der Waals surface area contributed by atoms with Gasteiger partial charge in [-0.15, -0.1) is 0 Å². The van der Waals surface area contributed by atoms with Crippen LogP contribution in [-0.4, -0.2) is 0 Å². The Kier molecular flexibility index (Phi) is 9.89. The van der Waals surface area contributed by atoms with Crippen molar-refractivity contribution in [3.8, 4) is 66.8 Å². The van der Waals surface area contributed by atoms with E-state index < -0.39 is 0 Å². The summed E-state index contributed by atoms with van der Waals surface area (Å²) < 4.78 is 6.31. The third kappa shape index (κ3) is 7.21. The van der Waals surface area contributed by atoms with E-state index in [1.807, 2.05) is 12.1 Å². The molecule has 310 valence electrons. The summed E-state index contributed by atoms with van der Waals surface area (Å²) >= 11 is 0. The van der Waals surface area contributed by atoms with E-state index in [-0.39, 0.29) is 0 Å². The minimum Gasteiger partial charge on any atom is -0.456 e. The van der Waals surface area contributed by atoms with E-state index >= 15 is 0 Å². The van der Waals surface area contributed by atoms with E-state index in [1.54, 1.807) is 0 Å². The predicted octanol–water partition coefficient (Wildman–Crippen LogP) is 18.2. The highest BCUT2D eigenvalue weighted by Crippen LogP contribution is 2.45. The maximum absolute atomic E-state index is 6.31. The Bertz CT molecular complexity index is 3660. The number of hydrogen-bond acceptors (Lipinski definition) is 2. The van der Waals surface area contributed by atoms with Gasteiger partial charge in [0.15, 0.2) is 0 Å². The van der Waals surface area contributed by atoms with Crippen LogP contribution in [0, 0.1) is 0 Å². The summed E-state index contributed by atoms with van der Waals surface area (Å²) in [5.74, 6) is 0. The van der Waals surface area contributed by atoms with Crippen LogP contribution in [0.3, 0.4) is 0 Å². The van der Waals surface area contributed by atoms with Crippen molar-refractivity contribution in [2.75, 3.05) is 4.90 Å². The number of benzene rings is 11. The average Bonchev–Trinajstić information content (AvgIpc) is 3.78. The molecule has 0 aliphatic rings. The highest BCUT2D eigenvalue weighted by molar-refractivity contribution is 6.06. The van der Waals surface area contributed by atoms with Crippen molar-refractivity contribution in [1.29, 1.82) is 0 Å². The molecule has 2 heteroatoms. The van der Waals surface area contributed by atoms with Gasteiger partial charge in [0.05, 0.1) is 5.69 Å². The van der Waals surface area contributed by atoms with Crippen LogP contribution in [-0.2, 0) is 0 Å². The maximum Gasteiger partial charge on any atom is 0.136 e. The van der Waals surface area contributed by atoms with Crippen LogP contribution in [0.2, 0.25) is 0 Å². The van der Waals surface area contributed by atoms with Crippen molar-refractivity contribution in [2.45, 2.75) is 0 Å². The monoisotopic (exact) mass is 841 g/mol. The second-order valence-corrected chi connectivity index (χ2v) is 16.9. The van der Waals surface area contributed by atoms with Crippen LogP contribution in [0.5, 0.6) is 0 Å². The van der Waals surface area contributed by atoms with Gasteiger partial charge < -0.3 is 9.32 Å². The number of fused-ring (bicyclic) bond motifs is 4. The summed E-state index contributed by atoms with van der Waals surface area (Å²) in [6.07, 6.45) is 0. The molecular weight excluding hydrogens is 799 g/mol. The van der Waals surface area contributed by atoms with Gasteiger partial charge in [0.25, 0.3) is 0 Å². The van der Waals surface area contributed by atoms with Crippen LogP contribution >= 0.6 is 0 Å². The van der Waals surface area contributed by atoms with Gasteiger partial charge in [-0.1, -0.05) is 206 Å². The van der Waals surface area contributed by atoms with E-state index in [1.165, 1.54) is 44.2 Å². The summed E-state index contributed by atoms with van der Waals surface area (Å²) in [6.45, 7) is 0. The minimum absolute atomic E-state index is 0.892. The molecule has 66 heavy (non-hydrogen) atoms. The first kappa shape index (κ1) is 38.9. The second-order valence-electron chi connectivity index (χ2n) is 16.9. The second kappa shape index (κ2) is 16.8. The van der Waals surface area contributed by atoms with Crippen molar-refractivity contribution < 1.29 is 4.42 Å². The number of para-hydroxylation sites is 1.